The van der Waals surface area contributed by atoms with Gasteiger partial charge in [-0.15, -0.1) is 0 Å². The molecule has 0 spiro atoms. The maximum Gasteiger partial charge on any atom is 0.144 e. The van der Waals surface area contributed by atoms with Crippen LogP contribution in [0.15, 0.2) is 48.5 Å². The predicted octanol–water partition coefficient (Wildman–Crippen LogP) is 4.32. The summed E-state index contributed by atoms with van der Waals surface area (Å²) in [5.74, 6) is -0.601. The number of aryl methyl sites for hydroxylation is 1. The number of aromatic amines is 1. The van der Waals surface area contributed by atoms with E-state index < -0.39 is 5.92 Å². The van der Waals surface area contributed by atoms with Crippen LogP contribution in [0, 0.1) is 12.3 Å². The predicted molar refractivity (Wildman–Crippen MR) is 112 cm³/mol. The van der Waals surface area contributed by atoms with Crippen molar-refractivity contribution in [3.8, 4) is 0 Å². The van der Waals surface area contributed by atoms with E-state index in [1.165, 1.54) is 5.56 Å². The van der Waals surface area contributed by atoms with Gasteiger partial charge in [0.2, 0.25) is 0 Å². The summed E-state index contributed by atoms with van der Waals surface area (Å²) in [6.07, 6.45) is 0.831. The van der Waals surface area contributed by atoms with Crippen LogP contribution >= 0.6 is 0 Å². The molecule has 0 aliphatic rings. The number of benzene rings is 2. The quantitative estimate of drug-likeness (QED) is 0.616. The van der Waals surface area contributed by atoms with Gasteiger partial charge in [0.25, 0.3) is 0 Å². The number of Topliss-reactive ketones (excluding diaryl/α,β-unsaturated/α-hetero) is 1. The van der Waals surface area contributed by atoms with Crippen LogP contribution in [0.4, 0.5) is 0 Å². The first-order valence-electron chi connectivity index (χ1n) is 9.28. The number of aromatic nitrogens is 1. The smallest absolute Gasteiger partial charge is 0.144 e. The highest BCUT2D eigenvalue weighted by molar-refractivity contribution is 6.16. The van der Waals surface area contributed by atoms with E-state index in [1.807, 2.05) is 44.4 Å². The minimum absolute atomic E-state index is 0.0155. The topological polar surface area (TPSA) is 60.0 Å². The van der Waals surface area contributed by atoms with Crippen molar-refractivity contribution in [1.82, 2.24) is 9.88 Å². The number of carbonyl (C=O) groups excluding carboxylic acids is 1. The molecule has 2 aromatic carbocycles. The summed E-state index contributed by atoms with van der Waals surface area (Å²) in [7, 11) is 4.10. The molecule has 0 amide bonds. The van der Waals surface area contributed by atoms with Crippen LogP contribution in [-0.2, 0) is 11.2 Å². The zero-order chi connectivity index (χ0) is 19.6. The second kappa shape index (κ2) is 7.89. The summed E-state index contributed by atoms with van der Waals surface area (Å²) in [5.41, 5.74) is 5.35. The van der Waals surface area contributed by atoms with E-state index in [4.69, 9.17) is 5.41 Å². The van der Waals surface area contributed by atoms with Crippen molar-refractivity contribution in [2.45, 2.75) is 26.2 Å². The number of rotatable bonds is 7. The molecular weight excluding hydrogens is 334 g/mol. The summed E-state index contributed by atoms with van der Waals surface area (Å²) in [6.45, 7) is 4.54. The van der Waals surface area contributed by atoms with Crippen molar-refractivity contribution in [2.75, 3.05) is 20.6 Å². The van der Waals surface area contributed by atoms with E-state index in [2.05, 4.69) is 35.0 Å². The Labute approximate surface area is 160 Å². The van der Waals surface area contributed by atoms with Crippen LogP contribution < -0.4 is 0 Å². The number of nitrogens with one attached hydrogen (secondary N) is 2. The maximum absolute atomic E-state index is 12.6. The minimum Gasteiger partial charge on any atom is -0.357 e. The third-order valence-corrected chi connectivity index (χ3v) is 4.97. The number of ketones is 1. The Morgan fingerprint density at radius 1 is 1.15 bits per heavy atom. The highest BCUT2D eigenvalue weighted by atomic mass is 16.1. The Hall–Kier alpha value is -2.72. The fourth-order valence-corrected chi connectivity index (χ4v) is 3.57. The van der Waals surface area contributed by atoms with Gasteiger partial charge in [-0.3, -0.25) is 4.79 Å². The summed E-state index contributed by atoms with van der Waals surface area (Å²) >= 11 is 0. The molecule has 4 nitrogen and oxygen atoms in total. The van der Waals surface area contributed by atoms with Crippen molar-refractivity contribution < 1.29 is 4.79 Å². The normalized spacial score (nSPS) is 12.5. The number of H-pyrrole nitrogens is 1. The van der Waals surface area contributed by atoms with Crippen LogP contribution in [0.2, 0.25) is 0 Å². The number of hydrogen-bond donors (Lipinski definition) is 2. The number of nitrogens with zero attached hydrogens (tertiary/aromatic N) is 1. The molecule has 0 aliphatic carbocycles. The molecule has 0 radical (unpaired) electrons. The van der Waals surface area contributed by atoms with Gasteiger partial charge in [0, 0.05) is 23.1 Å². The van der Waals surface area contributed by atoms with E-state index >= 15 is 0 Å². The van der Waals surface area contributed by atoms with Gasteiger partial charge in [-0.2, -0.15) is 0 Å². The van der Waals surface area contributed by atoms with Crippen LogP contribution in [-0.4, -0.2) is 42.0 Å². The second-order valence-corrected chi connectivity index (χ2v) is 7.44. The molecule has 0 fully saturated rings. The summed E-state index contributed by atoms with van der Waals surface area (Å²) in [6, 6.07) is 15.8. The van der Waals surface area contributed by atoms with Crippen LogP contribution in [0.25, 0.3) is 10.9 Å². The summed E-state index contributed by atoms with van der Waals surface area (Å²) in [4.78, 5) is 18.2. The van der Waals surface area contributed by atoms with Gasteiger partial charge in [-0.05, 0) is 57.6 Å². The lowest BCUT2D eigenvalue weighted by Crippen LogP contribution is -2.23. The highest BCUT2D eigenvalue weighted by Crippen LogP contribution is 2.32. The molecule has 1 aromatic heterocycles. The first-order chi connectivity index (χ1) is 12.9. The van der Waals surface area contributed by atoms with Crippen molar-refractivity contribution in [1.29, 1.82) is 5.41 Å². The van der Waals surface area contributed by atoms with Crippen molar-refractivity contribution in [3.05, 3.63) is 70.9 Å². The zero-order valence-electron chi connectivity index (χ0n) is 16.5. The molecule has 4 heteroatoms. The third-order valence-electron chi connectivity index (χ3n) is 4.97. The largest absolute Gasteiger partial charge is 0.357 e. The Bertz CT molecular complexity index is 970. The summed E-state index contributed by atoms with van der Waals surface area (Å²) in [5, 5.41) is 9.88. The molecule has 0 aliphatic heterocycles. The molecule has 1 heterocycles. The molecule has 3 aromatic rings. The van der Waals surface area contributed by atoms with Gasteiger partial charge in [0.15, 0.2) is 0 Å². The molecule has 27 heavy (non-hydrogen) atoms. The molecule has 0 bridgehead atoms. The van der Waals surface area contributed by atoms with Crippen molar-refractivity contribution >= 4 is 22.4 Å². The van der Waals surface area contributed by atoms with Crippen molar-refractivity contribution in [3.63, 3.8) is 0 Å². The number of hydrogen-bond acceptors (Lipinski definition) is 3. The molecular formula is C23H27N3O. The van der Waals surface area contributed by atoms with Crippen LogP contribution in [0.5, 0.6) is 0 Å². The number of likely N-dealkylation sites (N-methyl/N-ethyl adjacent to an activating group) is 1. The van der Waals surface area contributed by atoms with Crippen LogP contribution in [0.1, 0.15) is 35.2 Å². The second-order valence-electron chi connectivity index (χ2n) is 7.44. The highest BCUT2D eigenvalue weighted by Gasteiger charge is 2.28. The first kappa shape index (κ1) is 19.1. The van der Waals surface area contributed by atoms with Gasteiger partial charge in [0.1, 0.15) is 5.78 Å². The van der Waals surface area contributed by atoms with Gasteiger partial charge in [-0.25, -0.2) is 0 Å². The monoisotopic (exact) mass is 361 g/mol. The Kier molecular flexibility index (Phi) is 5.57. The van der Waals surface area contributed by atoms with E-state index in [1.54, 1.807) is 6.92 Å². The fourth-order valence-electron chi connectivity index (χ4n) is 3.57. The lowest BCUT2D eigenvalue weighted by atomic mass is 9.87. The SMILES string of the molecule is CC(=O)C(C(=N)c1ccccc1)c1[nH]c2ccc(C)cc2c1CCN(C)C. The van der Waals surface area contributed by atoms with Gasteiger partial charge in [0.05, 0.1) is 11.6 Å². The fraction of sp³-hybridized carbons (Fsp3) is 0.304. The maximum atomic E-state index is 12.6. The molecule has 2 N–H and O–H groups in total. The molecule has 1 unspecified atom stereocenters. The van der Waals surface area contributed by atoms with Gasteiger partial charge < -0.3 is 15.3 Å². The molecule has 140 valence electrons. The number of carbonyl (C=O) groups is 1. The Morgan fingerprint density at radius 3 is 2.48 bits per heavy atom. The van der Waals surface area contributed by atoms with Crippen LogP contribution in [0.3, 0.4) is 0 Å². The Morgan fingerprint density at radius 2 is 1.85 bits per heavy atom. The molecule has 3 rings (SSSR count). The molecule has 0 saturated heterocycles. The zero-order valence-corrected chi connectivity index (χ0v) is 16.5. The number of fused-ring (bicyclic) bond motifs is 1. The standard InChI is InChI=1S/C23H27N3O/c1-15-10-11-20-19(14-15)18(12-13-26(3)4)23(25-20)21(16(2)27)22(24)17-8-6-5-7-9-17/h5-11,14,21,24-25H,12-13H2,1-4H3. The molecule has 1 atom stereocenters. The lowest BCUT2D eigenvalue weighted by Gasteiger charge is -2.18. The van der Waals surface area contributed by atoms with Gasteiger partial charge in [-0.1, -0.05) is 42.0 Å². The minimum atomic E-state index is -0.586. The lowest BCUT2D eigenvalue weighted by molar-refractivity contribution is -0.117. The average Bonchev–Trinajstić information content (AvgIpc) is 2.97. The first-order valence-corrected chi connectivity index (χ1v) is 9.28. The summed E-state index contributed by atoms with van der Waals surface area (Å²) < 4.78 is 0. The average molecular weight is 361 g/mol. The van der Waals surface area contributed by atoms with E-state index in [9.17, 15) is 4.79 Å². The Balaban J connectivity index is 2.15. The van der Waals surface area contributed by atoms with E-state index in [-0.39, 0.29) is 5.78 Å². The molecule has 0 saturated carbocycles. The van der Waals surface area contributed by atoms with Crippen molar-refractivity contribution in [2.24, 2.45) is 0 Å². The van der Waals surface area contributed by atoms with E-state index in [0.29, 0.717) is 5.71 Å². The van der Waals surface area contributed by atoms with E-state index in [0.717, 1.165) is 40.7 Å². The third kappa shape index (κ3) is 4.01. The van der Waals surface area contributed by atoms with Gasteiger partial charge >= 0.3 is 0 Å².